The van der Waals surface area contributed by atoms with Crippen LogP contribution in [0.25, 0.3) is 0 Å². The van der Waals surface area contributed by atoms with Crippen molar-refractivity contribution in [3.05, 3.63) is 0 Å². The van der Waals surface area contributed by atoms with E-state index >= 15 is 0 Å². The Balaban J connectivity index is 2.20. The Morgan fingerprint density at radius 3 is 2.72 bits per heavy atom. The van der Waals surface area contributed by atoms with Gasteiger partial charge in [0.05, 0.1) is 12.0 Å². The van der Waals surface area contributed by atoms with Gasteiger partial charge in [-0.05, 0) is 12.8 Å². The third-order valence-corrected chi connectivity index (χ3v) is 6.60. The molecule has 6 heteroatoms. The number of hydrogen-bond donors (Lipinski definition) is 0. The number of hydrogen-bond acceptors (Lipinski definition) is 5. The van der Waals surface area contributed by atoms with E-state index < -0.39 is 15.2 Å². The minimum absolute atomic E-state index is 0.00565. The highest BCUT2D eigenvalue weighted by Gasteiger charge is 2.39. The molecule has 1 heterocycles. The maximum Gasteiger partial charge on any atom is 0.164 e. The Hall–Kier alpha value is -0.250. The van der Waals surface area contributed by atoms with Crippen molar-refractivity contribution in [2.75, 3.05) is 24.3 Å². The van der Waals surface area contributed by atoms with E-state index in [4.69, 9.17) is 0 Å². The maximum atomic E-state index is 11.9. The van der Waals surface area contributed by atoms with E-state index in [2.05, 4.69) is 11.0 Å². The molecule has 3 atom stereocenters. The van der Waals surface area contributed by atoms with Crippen molar-refractivity contribution in [3.63, 3.8) is 0 Å². The van der Waals surface area contributed by atoms with Crippen molar-refractivity contribution in [1.29, 1.82) is 5.26 Å². The van der Waals surface area contributed by atoms with Crippen molar-refractivity contribution in [2.45, 2.75) is 37.1 Å². The average Bonchev–Trinajstić information content (AvgIpc) is 2.37. The third-order valence-electron chi connectivity index (χ3n) is 3.94. The molecule has 0 aromatic rings. The van der Waals surface area contributed by atoms with Gasteiger partial charge in [0.1, 0.15) is 5.37 Å². The van der Waals surface area contributed by atoms with Gasteiger partial charge in [-0.25, -0.2) is 8.42 Å². The van der Waals surface area contributed by atoms with E-state index in [0.717, 1.165) is 38.0 Å². The molecule has 4 nitrogen and oxygen atoms in total. The largest absolute Gasteiger partial charge is 0.281 e. The summed E-state index contributed by atoms with van der Waals surface area (Å²) in [6.45, 7) is 0.797. The van der Waals surface area contributed by atoms with Gasteiger partial charge >= 0.3 is 0 Å². The molecule has 0 bridgehead atoms. The molecule has 1 saturated carbocycles. The van der Waals surface area contributed by atoms with Gasteiger partial charge in [-0.3, -0.25) is 4.90 Å². The summed E-state index contributed by atoms with van der Waals surface area (Å²) < 4.78 is 23.8. The van der Waals surface area contributed by atoms with Crippen LogP contribution in [0.1, 0.15) is 25.7 Å². The lowest BCUT2D eigenvalue weighted by Gasteiger charge is -2.43. The molecule has 18 heavy (non-hydrogen) atoms. The molecular formula is C12H20N2O2S2. The highest BCUT2D eigenvalue weighted by Crippen LogP contribution is 2.33. The molecule has 0 aromatic carbocycles. The van der Waals surface area contributed by atoms with Crippen molar-refractivity contribution >= 4 is 21.6 Å². The van der Waals surface area contributed by atoms with E-state index in [0.29, 0.717) is 5.75 Å². The number of thioether (sulfide) groups is 1. The molecular weight excluding hydrogens is 268 g/mol. The normalized spacial score (nSPS) is 35.0. The second kappa shape index (κ2) is 5.81. The van der Waals surface area contributed by atoms with Crippen LogP contribution in [0.3, 0.4) is 0 Å². The van der Waals surface area contributed by atoms with Crippen LogP contribution in [-0.2, 0) is 9.84 Å². The summed E-state index contributed by atoms with van der Waals surface area (Å²) in [5.74, 6) is 1.62. The highest BCUT2D eigenvalue weighted by molar-refractivity contribution is 8.00. The van der Waals surface area contributed by atoms with Crippen LogP contribution in [0.5, 0.6) is 0 Å². The predicted molar refractivity (Wildman–Crippen MR) is 74.0 cm³/mol. The number of nitrogens with zero attached hydrogens (tertiary/aromatic N) is 2. The fourth-order valence-electron chi connectivity index (χ4n) is 3.00. The topological polar surface area (TPSA) is 61.2 Å². The van der Waals surface area contributed by atoms with Crippen LogP contribution >= 0.6 is 11.8 Å². The van der Waals surface area contributed by atoms with E-state index in [1.807, 2.05) is 0 Å². The molecule has 2 fully saturated rings. The van der Waals surface area contributed by atoms with Gasteiger partial charge < -0.3 is 0 Å². The van der Waals surface area contributed by atoms with Crippen LogP contribution in [0, 0.1) is 17.2 Å². The minimum atomic E-state index is -3.06. The third kappa shape index (κ3) is 3.01. The van der Waals surface area contributed by atoms with Gasteiger partial charge in [-0.15, -0.1) is 0 Å². The first-order valence-corrected chi connectivity index (χ1v) is 9.57. The molecule has 2 aliphatic rings. The molecule has 2 rings (SSSR count). The number of sulfone groups is 1. The molecule has 1 aliphatic carbocycles. The quantitative estimate of drug-likeness (QED) is 0.770. The van der Waals surface area contributed by atoms with Crippen LogP contribution < -0.4 is 0 Å². The summed E-state index contributed by atoms with van der Waals surface area (Å²) in [7, 11) is -3.06. The lowest BCUT2D eigenvalue weighted by molar-refractivity contribution is 0.123. The summed E-state index contributed by atoms with van der Waals surface area (Å²) in [6, 6.07) is 2.52. The van der Waals surface area contributed by atoms with E-state index in [1.54, 1.807) is 11.8 Å². The lowest BCUT2D eigenvalue weighted by Crippen LogP contribution is -2.54. The average molecular weight is 288 g/mol. The van der Waals surface area contributed by atoms with E-state index in [1.165, 1.54) is 6.26 Å². The molecule has 3 unspecified atom stereocenters. The van der Waals surface area contributed by atoms with Crippen LogP contribution in [-0.4, -0.2) is 49.0 Å². The molecule has 0 spiro atoms. The molecule has 0 amide bonds. The zero-order valence-electron chi connectivity index (χ0n) is 10.7. The molecule has 1 aliphatic heterocycles. The van der Waals surface area contributed by atoms with Crippen molar-refractivity contribution in [1.82, 2.24) is 4.90 Å². The van der Waals surface area contributed by atoms with Gasteiger partial charge in [0.2, 0.25) is 0 Å². The summed E-state index contributed by atoms with van der Waals surface area (Å²) in [6.07, 6.45) is 5.42. The minimum Gasteiger partial charge on any atom is -0.281 e. The highest BCUT2D eigenvalue weighted by atomic mass is 32.2. The van der Waals surface area contributed by atoms with E-state index in [9.17, 15) is 13.7 Å². The summed E-state index contributed by atoms with van der Waals surface area (Å²) in [5, 5.41) is 8.86. The molecule has 0 N–H and O–H groups in total. The predicted octanol–water partition coefficient (Wildman–Crippen LogP) is 1.49. The fraction of sp³-hybridized carbons (Fsp3) is 0.917. The van der Waals surface area contributed by atoms with Gasteiger partial charge in [0.25, 0.3) is 0 Å². The van der Waals surface area contributed by atoms with Crippen molar-refractivity contribution in [3.8, 4) is 6.07 Å². The van der Waals surface area contributed by atoms with Gasteiger partial charge in [0.15, 0.2) is 9.84 Å². The summed E-state index contributed by atoms with van der Waals surface area (Å²) >= 11 is 1.70. The smallest absolute Gasteiger partial charge is 0.164 e. The Kier molecular flexibility index (Phi) is 4.57. The zero-order chi connectivity index (χ0) is 13.2. The standard InChI is InChI=1S/C12H20N2O2S2/c1-18(15,16)12-9-17-7-6-14(12)11-5-3-2-4-10(11)8-13/h10-12H,2-7,9H2,1H3. The first kappa shape index (κ1) is 14.2. The number of rotatable bonds is 2. The SMILES string of the molecule is CS(=O)(=O)C1CSCCN1C1CCCCC1C#N. The van der Waals surface area contributed by atoms with E-state index in [-0.39, 0.29) is 12.0 Å². The Bertz CT molecular complexity index is 430. The van der Waals surface area contributed by atoms with Crippen molar-refractivity contribution in [2.24, 2.45) is 5.92 Å². The monoisotopic (exact) mass is 288 g/mol. The molecule has 102 valence electrons. The Morgan fingerprint density at radius 2 is 2.06 bits per heavy atom. The fourth-order valence-corrected chi connectivity index (χ4v) is 5.93. The number of nitriles is 1. The lowest BCUT2D eigenvalue weighted by atomic mass is 9.84. The van der Waals surface area contributed by atoms with Crippen LogP contribution in [0.2, 0.25) is 0 Å². The first-order valence-electron chi connectivity index (χ1n) is 6.46. The van der Waals surface area contributed by atoms with Crippen molar-refractivity contribution < 1.29 is 8.42 Å². The van der Waals surface area contributed by atoms with Gasteiger partial charge in [0, 0.05) is 30.3 Å². The second-order valence-corrected chi connectivity index (χ2v) is 8.54. The molecule has 0 aromatic heterocycles. The zero-order valence-corrected chi connectivity index (χ0v) is 12.3. The molecule has 1 saturated heterocycles. The first-order chi connectivity index (χ1) is 8.54. The van der Waals surface area contributed by atoms with Gasteiger partial charge in [-0.2, -0.15) is 17.0 Å². The Morgan fingerprint density at radius 1 is 1.33 bits per heavy atom. The van der Waals surface area contributed by atoms with Crippen LogP contribution in [0.15, 0.2) is 0 Å². The second-order valence-electron chi connectivity index (χ2n) is 5.18. The summed E-state index contributed by atoms with van der Waals surface area (Å²) in [5.41, 5.74) is 0. The maximum absolute atomic E-state index is 11.9. The molecule has 0 radical (unpaired) electrons. The van der Waals surface area contributed by atoms with Crippen LogP contribution in [0.4, 0.5) is 0 Å². The Labute approximate surface area is 114 Å². The van der Waals surface area contributed by atoms with Gasteiger partial charge in [-0.1, -0.05) is 12.8 Å². The summed E-state index contributed by atoms with van der Waals surface area (Å²) in [4.78, 5) is 2.10.